The molecule has 1 rings (SSSR count). The summed E-state index contributed by atoms with van der Waals surface area (Å²) in [5, 5.41) is 0. The van der Waals surface area contributed by atoms with Crippen molar-refractivity contribution in [2.45, 2.75) is 6.42 Å². The number of ether oxygens (including phenoxy) is 1. The van der Waals surface area contributed by atoms with Crippen molar-refractivity contribution in [2.75, 3.05) is 20.3 Å². The van der Waals surface area contributed by atoms with Gasteiger partial charge in [0, 0.05) is 12.7 Å². The molecule has 5 nitrogen and oxygen atoms in total. The Balaban J connectivity index is 3.06. The van der Waals surface area contributed by atoms with Crippen LogP contribution in [0.3, 0.4) is 0 Å². The fourth-order valence-electron chi connectivity index (χ4n) is 1.51. The molecule has 98 valence electrons. The second kappa shape index (κ2) is 7.47. The summed E-state index contributed by atoms with van der Waals surface area (Å²) in [4.78, 5) is 21.2. The van der Waals surface area contributed by atoms with E-state index in [9.17, 15) is 4.79 Å². The molecular weight excluding hydrogens is 234 g/mol. The molecule has 0 radical (unpaired) electrons. The molecule has 0 unspecified atom stereocenters. The van der Waals surface area contributed by atoms with Crippen molar-refractivity contribution in [1.82, 2.24) is 0 Å². The van der Waals surface area contributed by atoms with Crippen LogP contribution in [0.15, 0.2) is 47.8 Å². The Morgan fingerprint density at radius 1 is 1.67 bits per heavy atom. The number of nitrogens with two attached hydrogens (primary N) is 1. The average molecular weight is 251 g/mol. The molecule has 5 heteroatoms. The molecule has 1 amide bonds. The van der Waals surface area contributed by atoms with Crippen molar-refractivity contribution in [3.8, 4) is 0 Å². The zero-order valence-corrected chi connectivity index (χ0v) is 10.3. The van der Waals surface area contributed by atoms with Crippen molar-refractivity contribution < 1.29 is 19.3 Å². The number of primary amides is 1. The molecule has 0 aromatic carbocycles. The van der Waals surface area contributed by atoms with E-state index in [0.717, 1.165) is 11.1 Å². The van der Waals surface area contributed by atoms with Gasteiger partial charge in [-0.05, 0) is 11.6 Å². The van der Waals surface area contributed by atoms with Gasteiger partial charge in [0.15, 0.2) is 5.76 Å². The van der Waals surface area contributed by atoms with E-state index >= 15 is 0 Å². The fraction of sp³-hybridized carbons (Fsp3) is 0.308. The fourth-order valence-corrected chi connectivity index (χ4v) is 1.51. The predicted molar refractivity (Wildman–Crippen MR) is 67.2 cm³/mol. The summed E-state index contributed by atoms with van der Waals surface area (Å²) < 4.78 is 4.95. The zero-order chi connectivity index (χ0) is 13.4. The second-order valence-corrected chi connectivity index (χ2v) is 3.58. The molecule has 0 aromatic rings. The maximum absolute atomic E-state index is 11.1. The zero-order valence-electron chi connectivity index (χ0n) is 10.3. The molecule has 0 spiro atoms. The van der Waals surface area contributed by atoms with Crippen LogP contribution in [0.2, 0.25) is 0 Å². The number of methoxy groups -OCH3 is 1. The van der Waals surface area contributed by atoms with Crippen molar-refractivity contribution in [2.24, 2.45) is 5.73 Å². The minimum Gasteiger partial charge on any atom is -0.380 e. The maximum Gasteiger partial charge on any atom is 0.221 e. The Morgan fingerprint density at radius 3 is 3.06 bits per heavy atom. The summed E-state index contributed by atoms with van der Waals surface area (Å²) in [7, 11) is 1.58. The van der Waals surface area contributed by atoms with Crippen LogP contribution < -0.4 is 5.73 Å². The van der Waals surface area contributed by atoms with Gasteiger partial charge in [-0.3, -0.25) is 4.79 Å². The maximum atomic E-state index is 11.1. The van der Waals surface area contributed by atoms with Crippen molar-refractivity contribution in [3.63, 3.8) is 0 Å². The van der Waals surface area contributed by atoms with Crippen molar-refractivity contribution in [1.29, 1.82) is 0 Å². The first-order chi connectivity index (χ1) is 8.69. The van der Waals surface area contributed by atoms with Crippen LogP contribution in [-0.4, -0.2) is 26.2 Å². The van der Waals surface area contributed by atoms with Gasteiger partial charge in [-0.15, -0.1) is 0 Å². The highest BCUT2D eigenvalue weighted by molar-refractivity contribution is 5.78. The molecule has 1 aliphatic rings. The standard InChI is InChI=1S/C13H17NO4/c1-3-4-11-10(9-13(14)15)5-8-17-18-12(11)6-7-16-2/h3-6H,1,7-9H2,2H3,(H2,14,15)/b11-4-,12-6+. The van der Waals surface area contributed by atoms with E-state index in [2.05, 4.69) is 6.58 Å². The summed E-state index contributed by atoms with van der Waals surface area (Å²) in [5.41, 5.74) is 6.69. The molecule has 0 saturated carbocycles. The molecule has 1 aliphatic heterocycles. The molecule has 2 N–H and O–H groups in total. The number of allylic oxidation sites excluding steroid dienone is 3. The molecule has 0 aromatic heterocycles. The number of hydrogen-bond acceptors (Lipinski definition) is 4. The van der Waals surface area contributed by atoms with E-state index in [1.54, 1.807) is 31.4 Å². The van der Waals surface area contributed by atoms with Crippen LogP contribution >= 0.6 is 0 Å². The summed E-state index contributed by atoms with van der Waals surface area (Å²) in [6, 6.07) is 0. The van der Waals surface area contributed by atoms with Gasteiger partial charge in [-0.25, -0.2) is 0 Å². The summed E-state index contributed by atoms with van der Waals surface area (Å²) in [6.07, 6.45) is 6.95. The molecule has 18 heavy (non-hydrogen) atoms. The average Bonchev–Trinajstić information content (AvgIpc) is 2.50. The van der Waals surface area contributed by atoms with E-state index in [4.69, 9.17) is 20.2 Å². The number of hydrogen-bond donors (Lipinski definition) is 1. The molecular formula is C13H17NO4. The van der Waals surface area contributed by atoms with Crippen LogP contribution in [0.5, 0.6) is 0 Å². The molecule has 0 atom stereocenters. The second-order valence-electron chi connectivity index (χ2n) is 3.58. The van der Waals surface area contributed by atoms with Crippen molar-refractivity contribution in [3.05, 3.63) is 47.8 Å². The Bertz CT molecular complexity index is 407. The first-order valence-electron chi connectivity index (χ1n) is 5.48. The third kappa shape index (κ3) is 4.20. The Kier molecular flexibility index (Phi) is 5.90. The molecule has 0 fully saturated rings. The molecule has 0 saturated heterocycles. The third-order valence-electron chi connectivity index (χ3n) is 2.24. The van der Waals surface area contributed by atoms with E-state index in [1.165, 1.54) is 0 Å². The van der Waals surface area contributed by atoms with E-state index in [0.29, 0.717) is 12.4 Å². The smallest absolute Gasteiger partial charge is 0.221 e. The number of carbonyl (C=O) groups is 1. The van der Waals surface area contributed by atoms with Gasteiger partial charge in [0.25, 0.3) is 0 Å². The quantitative estimate of drug-likeness (QED) is 0.750. The monoisotopic (exact) mass is 251 g/mol. The van der Waals surface area contributed by atoms with Crippen LogP contribution in [0, 0.1) is 0 Å². The lowest BCUT2D eigenvalue weighted by atomic mass is 9.99. The van der Waals surface area contributed by atoms with Crippen LogP contribution in [-0.2, 0) is 19.3 Å². The summed E-state index contributed by atoms with van der Waals surface area (Å²) in [5.74, 6) is 0.0750. The van der Waals surface area contributed by atoms with E-state index in [1.807, 2.05) is 0 Å². The normalized spacial score (nSPS) is 20.2. The highest BCUT2D eigenvalue weighted by Crippen LogP contribution is 2.26. The van der Waals surface area contributed by atoms with Gasteiger partial charge >= 0.3 is 0 Å². The first kappa shape index (κ1) is 14.2. The summed E-state index contributed by atoms with van der Waals surface area (Å²) in [6.45, 7) is 4.26. The SMILES string of the molecule is C=C/C=C1/C(CC(N)=O)=CCOO/C1=C/COC. The van der Waals surface area contributed by atoms with Gasteiger partial charge in [0.1, 0.15) is 6.61 Å². The number of carbonyl (C=O) groups excluding carboxylic acids is 1. The first-order valence-corrected chi connectivity index (χ1v) is 5.48. The van der Waals surface area contributed by atoms with Gasteiger partial charge < -0.3 is 15.4 Å². The Morgan fingerprint density at radius 2 is 2.44 bits per heavy atom. The topological polar surface area (TPSA) is 70.8 Å². The Hall–Kier alpha value is -1.85. The van der Waals surface area contributed by atoms with Gasteiger partial charge in [0.2, 0.25) is 5.91 Å². The van der Waals surface area contributed by atoms with Crippen LogP contribution in [0.4, 0.5) is 0 Å². The predicted octanol–water partition coefficient (Wildman–Crippen LogP) is 1.39. The third-order valence-corrected chi connectivity index (χ3v) is 2.24. The van der Waals surface area contributed by atoms with E-state index in [-0.39, 0.29) is 13.0 Å². The van der Waals surface area contributed by atoms with Crippen LogP contribution in [0.25, 0.3) is 0 Å². The van der Waals surface area contributed by atoms with Gasteiger partial charge in [-0.2, -0.15) is 4.89 Å². The number of rotatable bonds is 5. The van der Waals surface area contributed by atoms with Gasteiger partial charge in [0.05, 0.1) is 13.0 Å². The van der Waals surface area contributed by atoms with Crippen molar-refractivity contribution >= 4 is 5.91 Å². The van der Waals surface area contributed by atoms with Crippen LogP contribution in [0.1, 0.15) is 6.42 Å². The largest absolute Gasteiger partial charge is 0.380 e. The summed E-state index contributed by atoms with van der Waals surface area (Å²) >= 11 is 0. The van der Waals surface area contributed by atoms with E-state index < -0.39 is 5.91 Å². The molecule has 1 heterocycles. The highest BCUT2D eigenvalue weighted by atomic mass is 17.2. The minimum absolute atomic E-state index is 0.122. The van der Waals surface area contributed by atoms with Gasteiger partial charge in [-0.1, -0.05) is 24.8 Å². The lowest BCUT2D eigenvalue weighted by Gasteiger charge is -2.10. The Labute approximate surface area is 106 Å². The lowest BCUT2D eigenvalue weighted by molar-refractivity contribution is -0.248. The molecule has 0 bridgehead atoms. The highest BCUT2D eigenvalue weighted by Gasteiger charge is 2.17. The lowest BCUT2D eigenvalue weighted by Crippen LogP contribution is -2.12. The number of amides is 1. The molecule has 0 aliphatic carbocycles. The minimum atomic E-state index is -0.413.